The Labute approximate surface area is 198 Å². The molecule has 33 heavy (non-hydrogen) atoms. The van der Waals surface area contributed by atoms with Crippen molar-refractivity contribution in [3.63, 3.8) is 0 Å². The summed E-state index contributed by atoms with van der Waals surface area (Å²) in [5.74, 6) is 0.659. The van der Waals surface area contributed by atoms with Crippen LogP contribution >= 0.6 is 11.6 Å². The molecule has 1 amide bonds. The molecule has 3 aromatic carbocycles. The van der Waals surface area contributed by atoms with E-state index in [1.165, 1.54) is 36.3 Å². The zero-order valence-corrected chi connectivity index (χ0v) is 20.3. The lowest BCUT2D eigenvalue weighted by Crippen LogP contribution is -2.30. The molecule has 0 saturated heterocycles. The summed E-state index contributed by atoms with van der Waals surface area (Å²) >= 11 is 6.00. The normalized spacial score (nSPS) is 12.0. The van der Waals surface area contributed by atoms with Crippen LogP contribution in [0.3, 0.4) is 0 Å². The molecule has 0 radical (unpaired) electrons. The van der Waals surface area contributed by atoms with Crippen LogP contribution in [0.25, 0.3) is 0 Å². The van der Waals surface area contributed by atoms with Crippen molar-refractivity contribution in [1.82, 2.24) is 4.90 Å². The number of hydrogen-bond donors (Lipinski definition) is 1. The van der Waals surface area contributed by atoms with Crippen LogP contribution in [0, 0.1) is 0 Å². The fourth-order valence-electron chi connectivity index (χ4n) is 3.36. The Bertz CT molecular complexity index is 1260. The summed E-state index contributed by atoms with van der Waals surface area (Å²) in [6.45, 7) is 1.88. The Morgan fingerprint density at radius 2 is 1.67 bits per heavy atom. The van der Waals surface area contributed by atoms with Crippen LogP contribution in [-0.4, -0.2) is 40.5 Å². The number of amides is 1. The van der Waals surface area contributed by atoms with E-state index < -0.39 is 10.0 Å². The van der Waals surface area contributed by atoms with Gasteiger partial charge in [-0.2, -0.15) is 0 Å². The number of carbonyl (C=O) groups is 1. The fraction of sp³-hybridized carbons (Fsp3) is 0.208. The first kappa shape index (κ1) is 24.4. The molecular formula is C24H25ClN2O5S. The van der Waals surface area contributed by atoms with Gasteiger partial charge in [-0.1, -0.05) is 35.9 Å². The lowest BCUT2D eigenvalue weighted by atomic mass is 10.0. The number of para-hydroxylation sites is 1. The molecule has 0 heterocycles. The van der Waals surface area contributed by atoms with Crippen LogP contribution < -0.4 is 14.2 Å². The second kappa shape index (κ2) is 10.1. The van der Waals surface area contributed by atoms with Gasteiger partial charge >= 0.3 is 0 Å². The Kier molecular flexibility index (Phi) is 7.50. The first-order valence-corrected chi connectivity index (χ1v) is 11.9. The van der Waals surface area contributed by atoms with E-state index in [1.807, 2.05) is 31.2 Å². The molecule has 9 heteroatoms. The second-order valence-corrected chi connectivity index (χ2v) is 9.43. The van der Waals surface area contributed by atoms with E-state index in [-0.39, 0.29) is 28.1 Å². The maximum atomic E-state index is 13.2. The van der Waals surface area contributed by atoms with Crippen molar-refractivity contribution in [1.29, 1.82) is 0 Å². The summed E-state index contributed by atoms with van der Waals surface area (Å²) in [5, 5.41) is 0.351. The van der Waals surface area contributed by atoms with Crippen LogP contribution in [0.4, 0.5) is 5.69 Å². The quantitative estimate of drug-likeness (QED) is 0.482. The molecule has 1 N–H and O–H groups in total. The second-order valence-electron chi connectivity index (χ2n) is 7.31. The van der Waals surface area contributed by atoms with Gasteiger partial charge in [-0.05, 0) is 49.4 Å². The van der Waals surface area contributed by atoms with Crippen LogP contribution in [-0.2, 0) is 10.0 Å². The number of methoxy groups -OCH3 is 2. The number of carbonyl (C=O) groups excluding carboxylic acids is 1. The van der Waals surface area contributed by atoms with Gasteiger partial charge in [0.25, 0.3) is 15.9 Å². The average molecular weight is 489 g/mol. The molecule has 174 valence electrons. The number of hydrogen-bond acceptors (Lipinski definition) is 5. The Morgan fingerprint density at radius 1 is 0.970 bits per heavy atom. The molecule has 0 aliphatic heterocycles. The predicted octanol–water partition coefficient (Wildman–Crippen LogP) is 4.99. The van der Waals surface area contributed by atoms with Gasteiger partial charge in [0.2, 0.25) is 0 Å². The van der Waals surface area contributed by atoms with Gasteiger partial charge in [0, 0.05) is 23.2 Å². The van der Waals surface area contributed by atoms with Gasteiger partial charge in [-0.3, -0.25) is 9.52 Å². The molecule has 0 aliphatic carbocycles. The van der Waals surface area contributed by atoms with Crippen LogP contribution in [0.5, 0.6) is 11.5 Å². The highest BCUT2D eigenvalue weighted by atomic mass is 35.5. The molecule has 0 aromatic heterocycles. The highest BCUT2D eigenvalue weighted by molar-refractivity contribution is 7.92. The van der Waals surface area contributed by atoms with E-state index >= 15 is 0 Å². The number of benzene rings is 3. The molecule has 0 spiro atoms. The fourth-order valence-corrected chi connectivity index (χ4v) is 4.64. The summed E-state index contributed by atoms with van der Waals surface area (Å²) in [5.41, 5.74) is 1.28. The smallest absolute Gasteiger partial charge is 0.262 e. The standard InChI is InChI=1S/C24H25ClN2O5S/c1-16(20-10-5-6-11-22(20)31-3)27(2)24(28)17-8-7-9-19(14-17)33(29,30)26-21-15-18(25)12-13-23(21)32-4/h5-16,26H,1-4H3. The van der Waals surface area contributed by atoms with Crippen molar-refractivity contribution < 1.29 is 22.7 Å². The average Bonchev–Trinajstić information content (AvgIpc) is 2.82. The van der Waals surface area contributed by atoms with E-state index in [0.717, 1.165) is 5.56 Å². The first-order chi connectivity index (χ1) is 15.7. The Morgan fingerprint density at radius 3 is 2.36 bits per heavy atom. The van der Waals surface area contributed by atoms with E-state index in [0.29, 0.717) is 16.5 Å². The van der Waals surface area contributed by atoms with Gasteiger partial charge in [0.1, 0.15) is 11.5 Å². The summed E-state index contributed by atoms with van der Waals surface area (Å²) in [4.78, 5) is 14.7. The lowest BCUT2D eigenvalue weighted by Gasteiger charge is -2.27. The lowest BCUT2D eigenvalue weighted by molar-refractivity contribution is 0.0741. The van der Waals surface area contributed by atoms with Gasteiger partial charge in [-0.25, -0.2) is 8.42 Å². The molecule has 0 fully saturated rings. The van der Waals surface area contributed by atoms with Crippen molar-refractivity contribution in [2.75, 3.05) is 26.0 Å². The number of halogens is 1. The van der Waals surface area contributed by atoms with Crippen LogP contribution in [0.1, 0.15) is 28.9 Å². The monoisotopic (exact) mass is 488 g/mol. The number of sulfonamides is 1. The molecule has 1 atom stereocenters. The molecule has 3 aromatic rings. The zero-order valence-electron chi connectivity index (χ0n) is 18.7. The van der Waals surface area contributed by atoms with Crippen LogP contribution in [0.2, 0.25) is 5.02 Å². The minimum atomic E-state index is -4.01. The summed E-state index contributed by atoms with van der Waals surface area (Å²) in [6, 6.07) is 17.6. The maximum Gasteiger partial charge on any atom is 0.262 e. The Hall–Kier alpha value is -3.23. The van der Waals surface area contributed by atoms with Gasteiger partial charge in [0.05, 0.1) is 30.8 Å². The summed E-state index contributed by atoms with van der Waals surface area (Å²) in [7, 11) is 0.658. The van der Waals surface area contributed by atoms with Crippen molar-refractivity contribution in [2.45, 2.75) is 17.9 Å². The highest BCUT2D eigenvalue weighted by Gasteiger charge is 2.24. The molecule has 7 nitrogen and oxygen atoms in total. The van der Waals surface area contributed by atoms with E-state index in [4.69, 9.17) is 21.1 Å². The number of ether oxygens (including phenoxy) is 2. The van der Waals surface area contributed by atoms with E-state index in [2.05, 4.69) is 4.72 Å². The maximum absolute atomic E-state index is 13.2. The van der Waals surface area contributed by atoms with E-state index in [1.54, 1.807) is 32.4 Å². The predicted molar refractivity (Wildman–Crippen MR) is 129 cm³/mol. The van der Waals surface area contributed by atoms with E-state index in [9.17, 15) is 13.2 Å². The number of nitrogens with one attached hydrogen (secondary N) is 1. The first-order valence-electron chi connectivity index (χ1n) is 10.0. The van der Waals surface area contributed by atoms with Crippen LogP contribution in [0.15, 0.2) is 71.6 Å². The molecule has 3 rings (SSSR count). The molecular weight excluding hydrogens is 464 g/mol. The van der Waals surface area contributed by atoms with Crippen molar-refractivity contribution in [3.05, 3.63) is 82.9 Å². The Balaban J connectivity index is 1.88. The van der Waals surface area contributed by atoms with Gasteiger partial charge < -0.3 is 14.4 Å². The number of nitrogens with zero attached hydrogens (tertiary/aromatic N) is 1. The van der Waals surface area contributed by atoms with Crippen molar-refractivity contribution in [2.24, 2.45) is 0 Å². The summed E-state index contributed by atoms with van der Waals surface area (Å²) < 4.78 is 39.1. The SMILES string of the molecule is COc1ccc(Cl)cc1NS(=O)(=O)c1cccc(C(=O)N(C)C(C)c2ccccc2OC)c1. The van der Waals surface area contributed by atoms with Gasteiger partial charge in [0.15, 0.2) is 0 Å². The number of anilines is 1. The topological polar surface area (TPSA) is 84.9 Å². The largest absolute Gasteiger partial charge is 0.496 e. The molecule has 0 aliphatic rings. The third-order valence-electron chi connectivity index (χ3n) is 5.29. The third kappa shape index (κ3) is 5.40. The molecule has 0 bridgehead atoms. The summed E-state index contributed by atoms with van der Waals surface area (Å²) in [6.07, 6.45) is 0. The minimum Gasteiger partial charge on any atom is -0.496 e. The third-order valence-corrected chi connectivity index (χ3v) is 6.89. The zero-order chi connectivity index (χ0) is 24.2. The van der Waals surface area contributed by atoms with Crippen molar-refractivity contribution in [3.8, 4) is 11.5 Å². The number of rotatable bonds is 8. The van der Waals surface area contributed by atoms with Gasteiger partial charge in [-0.15, -0.1) is 0 Å². The van der Waals surface area contributed by atoms with Crippen molar-refractivity contribution >= 4 is 33.2 Å². The molecule has 1 unspecified atom stereocenters. The molecule has 0 saturated carbocycles. The highest BCUT2D eigenvalue weighted by Crippen LogP contribution is 2.31. The minimum absolute atomic E-state index is 0.0614.